The summed E-state index contributed by atoms with van der Waals surface area (Å²) in [6, 6.07) is 5.13. The number of rotatable bonds is 6. The second kappa shape index (κ2) is 6.72. The number of benzene rings is 1. The lowest BCUT2D eigenvalue weighted by Crippen LogP contribution is -2.21. The second-order valence-corrected chi connectivity index (χ2v) is 4.64. The zero-order valence-electron chi connectivity index (χ0n) is 11.1. The molecule has 2 atom stereocenters. The van der Waals surface area contributed by atoms with Crippen LogP contribution < -0.4 is 5.32 Å². The minimum atomic E-state index is -0.176. The minimum Gasteiger partial charge on any atom is -0.384 e. The largest absolute Gasteiger partial charge is 0.384 e. The van der Waals surface area contributed by atoms with Gasteiger partial charge in [0, 0.05) is 19.8 Å². The maximum Gasteiger partial charge on any atom is 0.123 e. The number of hydrogen-bond acceptors (Lipinski definition) is 2. The van der Waals surface area contributed by atoms with Crippen molar-refractivity contribution >= 4 is 0 Å². The summed E-state index contributed by atoms with van der Waals surface area (Å²) in [4.78, 5) is 0. The van der Waals surface area contributed by atoms with Crippen molar-refractivity contribution in [2.45, 2.75) is 26.3 Å². The molecule has 2 nitrogen and oxygen atoms in total. The summed E-state index contributed by atoms with van der Waals surface area (Å²) in [5.74, 6) is 0.269. The molecule has 0 aliphatic rings. The average molecular weight is 239 g/mol. The van der Waals surface area contributed by atoms with Crippen molar-refractivity contribution in [3.8, 4) is 0 Å². The summed E-state index contributed by atoms with van der Waals surface area (Å²) in [7, 11) is 3.62. The van der Waals surface area contributed by atoms with Crippen molar-refractivity contribution in [1.29, 1.82) is 0 Å². The molecule has 0 heterocycles. The quantitative estimate of drug-likeness (QED) is 0.823. The lowest BCUT2D eigenvalue weighted by molar-refractivity contribution is 0.150. The third kappa shape index (κ3) is 4.10. The van der Waals surface area contributed by atoms with Crippen LogP contribution in [0.4, 0.5) is 4.39 Å². The van der Waals surface area contributed by atoms with Gasteiger partial charge in [-0.2, -0.15) is 0 Å². The van der Waals surface area contributed by atoms with Crippen LogP contribution in [0.5, 0.6) is 0 Å². The molecule has 0 saturated heterocycles. The predicted octanol–water partition coefficient (Wildman–Crippen LogP) is 3.07. The third-order valence-electron chi connectivity index (χ3n) is 3.05. The molecule has 0 aromatic heterocycles. The van der Waals surface area contributed by atoms with Crippen LogP contribution in [-0.2, 0) is 4.74 Å². The van der Waals surface area contributed by atoms with Gasteiger partial charge in [0.15, 0.2) is 0 Å². The summed E-state index contributed by atoms with van der Waals surface area (Å²) in [5, 5.41) is 3.25. The van der Waals surface area contributed by atoms with Crippen molar-refractivity contribution in [3.63, 3.8) is 0 Å². The maximum atomic E-state index is 13.3. The molecule has 0 fully saturated rings. The molecule has 2 unspecified atom stereocenters. The van der Waals surface area contributed by atoms with Gasteiger partial charge in [0.25, 0.3) is 0 Å². The molecule has 0 aliphatic heterocycles. The average Bonchev–Trinajstić information content (AvgIpc) is 2.30. The van der Waals surface area contributed by atoms with E-state index in [9.17, 15) is 4.39 Å². The van der Waals surface area contributed by atoms with Crippen molar-refractivity contribution in [2.75, 3.05) is 20.8 Å². The van der Waals surface area contributed by atoms with Crippen LogP contribution in [0.2, 0.25) is 0 Å². The first-order chi connectivity index (χ1) is 8.08. The second-order valence-electron chi connectivity index (χ2n) is 4.64. The number of aryl methyl sites for hydroxylation is 1. The van der Waals surface area contributed by atoms with Crippen LogP contribution in [0, 0.1) is 18.7 Å². The number of halogens is 1. The molecule has 1 aromatic carbocycles. The van der Waals surface area contributed by atoms with Gasteiger partial charge in [0.1, 0.15) is 5.82 Å². The summed E-state index contributed by atoms with van der Waals surface area (Å²) in [6.45, 7) is 4.88. The Bertz CT molecular complexity index is 354. The highest BCUT2D eigenvalue weighted by Gasteiger charge is 2.16. The summed E-state index contributed by atoms with van der Waals surface area (Å²) in [5.41, 5.74) is 2.16. The van der Waals surface area contributed by atoms with Crippen molar-refractivity contribution < 1.29 is 9.13 Å². The first-order valence-electron chi connectivity index (χ1n) is 6.00. The third-order valence-corrected chi connectivity index (χ3v) is 3.05. The highest BCUT2D eigenvalue weighted by molar-refractivity contribution is 5.29. The van der Waals surface area contributed by atoms with Crippen LogP contribution in [-0.4, -0.2) is 20.8 Å². The Morgan fingerprint density at radius 2 is 2.12 bits per heavy atom. The molecule has 0 bridgehead atoms. The highest BCUT2D eigenvalue weighted by atomic mass is 19.1. The number of nitrogens with one attached hydrogen (secondary N) is 1. The molecule has 1 rings (SSSR count). The molecule has 96 valence electrons. The van der Waals surface area contributed by atoms with Crippen LogP contribution in [0.25, 0.3) is 0 Å². The highest BCUT2D eigenvalue weighted by Crippen LogP contribution is 2.24. The van der Waals surface area contributed by atoms with Crippen LogP contribution in [0.3, 0.4) is 0 Å². The zero-order valence-corrected chi connectivity index (χ0v) is 11.1. The zero-order chi connectivity index (χ0) is 12.8. The Balaban J connectivity index is 2.82. The van der Waals surface area contributed by atoms with E-state index in [2.05, 4.69) is 12.2 Å². The lowest BCUT2D eigenvalue weighted by Gasteiger charge is -2.22. The predicted molar refractivity (Wildman–Crippen MR) is 68.6 cm³/mol. The number of ether oxygens (including phenoxy) is 1. The van der Waals surface area contributed by atoms with Crippen molar-refractivity contribution in [2.24, 2.45) is 5.92 Å². The van der Waals surface area contributed by atoms with Gasteiger partial charge >= 0.3 is 0 Å². The Labute approximate surface area is 103 Å². The van der Waals surface area contributed by atoms with Gasteiger partial charge in [-0.1, -0.05) is 13.0 Å². The Morgan fingerprint density at radius 1 is 1.41 bits per heavy atom. The van der Waals surface area contributed by atoms with Gasteiger partial charge in [-0.15, -0.1) is 0 Å². The first-order valence-corrected chi connectivity index (χ1v) is 6.00. The van der Waals surface area contributed by atoms with Crippen LogP contribution in [0.1, 0.15) is 30.5 Å². The Morgan fingerprint density at radius 3 is 2.71 bits per heavy atom. The van der Waals surface area contributed by atoms with Gasteiger partial charge in [0.05, 0.1) is 0 Å². The topological polar surface area (TPSA) is 21.3 Å². The van der Waals surface area contributed by atoms with Crippen LogP contribution >= 0.6 is 0 Å². The molecule has 0 spiro atoms. The van der Waals surface area contributed by atoms with E-state index in [-0.39, 0.29) is 11.9 Å². The molecular formula is C14H22FNO. The SMILES string of the molecule is CNC(CC(C)COC)c1cc(F)ccc1C. The lowest BCUT2D eigenvalue weighted by atomic mass is 9.93. The van der Waals surface area contributed by atoms with Gasteiger partial charge in [0.2, 0.25) is 0 Å². The van der Waals surface area contributed by atoms with E-state index < -0.39 is 0 Å². The monoisotopic (exact) mass is 239 g/mol. The fourth-order valence-corrected chi connectivity index (χ4v) is 2.14. The fraction of sp³-hybridized carbons (Fsp3) is 0.571. The van der Waals surface area contributed by atoms with Gasteiger partial charge in [-0.3, -0.25) is 0 Å². The van der Waals surface area contributed by atoms with E-state index in [1.54, 1.807) is 13.2 Å². The molecule has 1 N–H and O–H groups in total. The Kier molecular flexibility index (Phi) is 5.59. The molecular weight excluding hydrogens is 217 g/mol. The van der Waals surface area contributed by atoms with E-state index in [1.807, 2.05) is 20.0 Å². The fourth-order valence-electron chi connectivity index (χ4n) is 2.14. The van der Waals surface area contributed by atoms with E-state index in [1.165, 1.54) is 6.07 Å². The maximum absolute atomic E-state index is 13.3. The van der Waals surface area contributed by atoms with Gasteiger partial charge in [-0.25, -0.2) is 4.39 Å². The molecule has 1 aromatic rings. The van der Waals surface area contributed by atoms with Crippen molar-refractivity contribution in [1.82, 2.24) is 5.32 Å². The summed E-state index contributed by atoms with van der Waals surface area (Å²) < 4.78 is 18.4. The van der Waals surface area contributed by atoms with Crippen LogP contribution in [0.15, 0.2) is 18.2 Å². The minimum absolute atomic E-state index is 0.176. The molecule has 17 heavy (non-hydrogen) atoms. The molecule has 0 saturated carbocycles. The molecule has 0 amide bonds. The van der Waals surface area contributed by atoms with E-state index in [0.717, 1.165) is 24.2 Å². The first kappa shape index (κ1) is 14.1. The standard InChI is InChI=1S/C14H22FNO/c1-10(9-17-4)7-14(16-3)13-8-12(15)6-5-11(13)2/h5-6,8,10,14,16H,7,9H2,1-4H3. The smallest absolute Gasteiger partial charge is 0.123 e. The van der Waals surface area contributed by atoms with E-state index in [0.29, 0.717) is 5.92 Å². The van der Waals surface area contributed by atoms with E-state index in [4.69, 9.17) is 4.74 Å². The van der Waals surface area contributed by atoms with E-state index >= 15 is 0 Å². The number of hydrogen-bond donors (Lipinski definition) is 1. The van der Waals surface area contributed by atoms with Gasteiger partial charge in [-0.05, 0) is 49.6 Å². The Hall–Kier alpha value is -0.930. The summed E-state index contributed by atoms with van der Waals surface area (Å²) in [6.07, 6.45) is 0.939. The number of methoxy groups -OCH3 is 1. The van der Waals surface area contributed by atoms with Crippen molar-refractivity contribution in [3.05, 3.63) is 35.1 Å². The molecule has 0 aliphatic carbocycles. The molecule has 0 radical (unpaired) electrons. The summed E-state index contributed by atoms with van der Waals surface area (Å²) >= 11 is 0. The van der Waals surface area contributed by atoms with Gasteiger partial charge < -0.3 is 10.1 Å². The molecule has 3 heteroatoms. The normalized spacial score (nSPS) is 14.6.